The molecule has 15 nitrogen and oxygen atoms in total. The van der Waals surface area contributed by atoms with Crippen molar-refractivity contribution in [1.82, 2.24) is 15.5 Å². The molecule has 3 amide bonds. The van der Waals surface area contributed by atoms with E-state index in [1.165, 1.54) is 0 Å². The van der Waals surface area contributed by atoms with Crippen molar-refractivity contribution in [3.8, 4) is 0 Å². The summed E-state index contributed by atoms with van der Waals surface area (Å²) in [5.41, 5.74) is 15.8. The molecule has 0 aromatic rings. The second-order valence-corrected chi connectivity index (χ2v) is 7.49. The number of nitrogens with one attached hydrogen (secondary N) is 2. The molecule has 0 aliphatic carbocycles. The van der Waals surface area contributed by atoms with Gasteiger partial charge in [-0.1, -0.05) is 0 Å². The van der Waals surface area contributed by atoms with E-state index >= 15 is 0 Å². The number of likely N-dealkylation sites (tertiary alicyclic amines) is 1. The molecule has 1 rings (SSSR count). The van der Waals surface area contributed by atoms with Crippen LogP contribution in [0.15, 0.2) is 4.99 Å². The molecule has 11 N–H and O–H groups in total. The summed E-state index contributed by atoms with van der Waals surface area (Å²) < 4.78 is 0. The number of guanidine groups is 1. The third kappa shape index (κ3) is 8.89. The molecule has 0 unspecified atom stereocenters. The first kappa shape index (κ1) is 27.6. The van der Waals surface area contributed by atoms with Gasteiger partial charge in [-0.25, -0.2) is 4.79 Å². The molecule has 0 bridgehead atoms. The minimum Gasteiger partial charge on any atom is -0.481 e. The molecule has 15 heteroatoms. The first-order valence-electron chi connectivity index (χ1n) is 10.3. The van der Waals surface area contributed by atoms with E-state index in [1.807, 2.05) is 0 Å². The zero-order chi connectivity index (χ0) is 25.1. The number of hydrogen-bond donors (Lipinski definition) is 8. The fourth-order valence-electron chi connectivity index (χ4n) is 3.27. The lowest BCUT2D eigenvalue weighted by Crippen LogP contribution is -2.57. The number of rotatable bonds is 13. The topological polar surface area (TPSA) is 264 Å². The van der Waals surface area contributed by atoms with Crippen molar-refractivity contribution in [2.24, 2.45) is 22.2 Å². The number of carboxylic acids is 2. The Morgan fingerprint density at radius 1 is 1.09 bits per heavy atom. The number of aliphatic carboxylic acids is 2. The van der Waals surface area contributed by atoms with Crippen LogP contribution in [-0.4, -0.2) is 99.7 Å². The lowest BCUT2D eigenvalue weighted by Gasteiger charge is -2.29. The Morgan fingerprint density at radius 3 is 2.30 bits per heavy atom. The van der Waals surface area contributed by atoms with Gasteiger partial charge in [0.1, 0.15) is 24.2 Å². The number of amides is 3. The van der Waals surface area contributed by atoms with Gasteiger partial charge in [0.15, 0.2) is 5.96 Å². The molecular formula is C18H31N7O8. The molecule has 0 aromatic heterocycles. The molecule has 0 saturated carbocycles. The van der Waals surface area contributed by atoms with Gasteiger partial charge >= 0.3 is 11.9 Å². The van der Waals surface area contributed by atoms with Crippen molar-refractivity contribution in [3.05, 3.63) is 0 Å². The largest absolute Gasteiger partial charge is 0.481 e. The van der Waals surface area contributed by atoms with E-state index in [4.69, 9.17) is 27.4 Å². The van der Waals surface area contributed by atoms with Crippen LogP contribution in [0.5, 0.6) is 0 Å². The number of carbonyl (C=O) groups excluding carboxylic acids is 3. The maximum Gasteiger partial charge on any atom is 0.326 e. The highest BCUT2D eigenvalue weighted by atomic mass is 16.4. The Bertz CT molecular complexity index is 771. The van der Waals surface area contributed by atoms with Crippen LogP contribution in [0.2, 0.25) is 0 Å². The molecular weight excluding hydrogens is 442 g/mol. The van der Waals surface area contributed by atoms with E-state index < -0.39 is 66.9 Å². The van der Waals surface area contributed by atoms with Crippen LogP contribution in [0, 0.1) is 0 Å². The molecule has 0 radical (unpaired) electrons. The SMILES string of the molecule is NC(N)=NCCC[C@H](NC(=O)[C@@H]1CCCN1C(=O)[C@H](CC(=O)O)NC(=O)[C@@H](N)CO)C(=O)O. The van der Waals surface area contributed by atoms with E-state index in [9.17, 15) is 29.1 Å². The second-order valence-electron chi connectivity index (χ2n) is 7.49. The zero-order valence-electron chi connectivity index (χ0n) is 18.0. The van der Waals surface area contributed by atoms with Crippen LogP contribution >= 0.6 is 0 Å². The molecule has 1 heterocycles. The molecule has 4 atom stereocenters. The van der Waals surface area contributed by atoms with Crippen molar-refractivity contribution < 1.29 is 39.3 Å². The number of aliphatic hydroxyl groups excluding tert-OH is 1. The second kappa shape index (κ2) is 13.2. The summed E-state index contributed by atoms with van der Waals surface area (Å²) in [5, 5.41) is 32.0. The maximum absolute atomic E-state index is 12.9. The Hall–Kier alpha value is -3.46. The first-order valence-corrected chi connectivity index (χ1v) is 10.3. The summed E-state index contributed by atoms with van der Waals surface area (Å²) in [6, 6.07) is -5.17. The first-order chi connectivity index (χ1) is 15.5. The van der Waals surface area contributed by atoms with Crippen LogP contribution in [0.1, 0.15) is 32.1 Å². The van der Waals surface area contributed by atoms with Crippen molar-refractivity contribution in [2.45, 2.75) is 56.3 Å². The number of nitrogens with zero attached hydrogens (tertiary/aromatic N) is 2. The van der Waals surface area contributed by atoms with Crippen LogP contribution < -0.4 is 27.8 Å². The van der Waals surface area contributed by atoms with Crippen LogP contribution in [0.25, 0.3) is 0 Å². The van der Waals surface area contributed by atoms with Gasteiger partial charge in [0.25, 0.3) is 0 Å². The number of carboxylic acid groups (broad SMARTS) is 2. The highest BCUT2D eigenvalue weighted by molar-refractivity contribution is 5.96. The molecule has 1 aliphatic heterocycles. The summed E-state index contributed by atoms with van der Waals surface area (Å²) in [6.07, 6.45) is 0.184. The molecule has 33 heavy (non-hydrogen) atoms. The third-order valence-electron chi connectivity index (χ3n) is 4.93. The summed E-state index contributed by atoms with van der Waals surface area (Å²) in [5.74, 6) is -5.27. The number of aliphatic hydroxyl groups is 1. The van der Waals surface area contributed by atoms with Crippen molar-refractivity contribution >= 4 is 35.6 Å². The van der Waals surface area contributed by atoms with Crippen molar-refractivity contribution in [3.63, 3.8) is 0 Å². The Balaban J connectivity index is 2.88. The predicted octanol–water partition coefficient (Wildman–Crippen LogP) is -4.12. The monoisotopic (exact) mass is 473 g/mol. The number of carbonyl (C=O) groups is 5. The fourth-order valence-corrected chi connectivity index (χ4v) is 3.27. The van der Waals surface area contributed by atoms with Crippen LogP contribution in [0.3, 0.4) is 0 Å². The number of nitrogens with two attached hydrogens (primary N) is 3. The highest BCUT2D eigenvalue weighted by Crippen LogP contribution is 2.20. The predicted molar refractivity (Wildman–Crippen MR) is 113 cm³/mol. The minimum atomic E-state index is -1.52. The molecule has 1 aliphatic rings. The van der Waals surface area contributed by atoms with Crippen LogP contribution in [0.4, 0.5) is 0 Å². The normalized spacial score (nSPS) is 18.0. The molecule has 186 valence electrons. The average Bonchev–Trinajstić information content (AvgIpc) is 3.23. The van der Waals surface area contributed by atoms with Gasteiger partial charge in [-0.15, -0.1) is 0 Å². The zero-order valence-corrected chi connectivity index (χ0v) is 18.0. The van der Waals surface area contributed by atoms with Gasteiger partial charge in [-0.2, -0.15) is 0 Å². The number of hydrogen-bond acceptors (Lipinski definition) is 8. The van der Waals surface area contributed by atoms with Gasteiger partial charge in [0, 0.05) is 13.1 Å². The van der Waals surface area contributed by atoms with Gasteiger partial charge in [-0.05, 0) is 25.7 Å². The Morgan fingerprint density at radius 2 is 1.76 bits per heavy atom. The van der Waals surface area contributed by atoms with E-state index in [1.54, 1.807) is 0 Å². The summed E-state index contributed by atoms with van der Waals surface area (Å²) >= 11 is 0. The standard InChI is InChI=1S/C18H31N7O8/c19-9(8-26)14(29)24-11(7-13(27)28)16(31)25-6-2-4-12(25)15(30)23-10(17(32)33)3-1-5-22-18(20)21/h9-12,26H,1-8,19H2,(H,23,30)(H,24,29)(H,27,28)(H,32,33)(H4,20,21,22)/t9-,10-,11-,12-/m0/s1. The summed E-state index contributed by atoms with van der Waals surface area (Å²) in [4.78, 5) is 65.2. The average molecular weight is 473 g/mol. The summed E-state index contributed by atoms with van der Waals surface area (Å²) in [7, 11) is 0. The lowest BCUT2D eigenvalue weighted by molar-refractivity contribution is -0.147. The van der Waals surface area contributed by atoms with E-state index in [-0.39, 0.29) is 38.3 Å². The van der Waals surface area contributed by atoms with Crippen molar-refractivity contribution in [2.75, 3.05) is 19.7 Å². The molecule has 1 saturated heterocycles. The highest BCUT2D eigenvalue weighted by Gasteiger charge is 2.39. The van der Waals surface area contributed by atoms with Gasteiger partial charge in [0.05, 0.1) is 13.0 Å². The molecule has 0 aromatic carbocycles. The summed E-state index contributed by atoms with van der Waals surface area (Å²) in [6.45, 7) is -0.436. The van der Waals surface area contributed by atoms with E-state index in [0.717, 1.165) is 4.90 Å². The van der Waals surface area contributed by atoms with E-state index in [2.05, 4.69) is 15.6 Å². The van der Waals surface area contributed by atoms with Crippen molar-refractivity contribution in [1.29, 1.82) is 0 Å². The fraction of sp³-hybridized carbons (Fsp3) is 0.667. The molecule has 1 fully saturated rings. The number of aliphatic imine (C=N–C) groups is 1. The smallest absolute Gasteiger partial charge is 0.326 e. The van der Waals surface area contributed by atoms with Gasteiger partial charge < -0.3 is 48.1 Å². The van der Waals surface area contributed by atoms with Gasteiger partial charge in [-0.3, -0.25) is 24.2 Å². The third-order valence-corrected chi connectivity index (χ3v) is 4.93. The van der Waals surface area contributed by atoms with Gasteiger partial charge in [0.2, 0.25) is 17.7 Å². The minimum absolute atomic E-state index is 0.0370. The quantitative estimate of drug-likeness (QED) is 0.0723. The molecule has 0 spiro atoms. The Kier molecular flexibility index (Phi) is 11.0. The Labute approximate surface area is 189 Å². The lowest BCUT2D eigenvalue weighted by atomic mass is 10.1. The van der Waals surface area contributed by atoms with E-state index in [0.29, 0.717) is 6.42 Å². The maximum atomic E-state index is 12.9. The van der Waals surface area contributed by atoms with Crippen LogP contribution in [-0.2, 0) is 24.0 Å².